The molecule has 8 heteroatoms. The Kier molecular flexibility index (Phi) is 7.09. The molecular weight excluding hydrogens is 368 g/mol. The van der Waals surface area contributed by atoms with Crippen molar-refractivity contribution in [1.29, 1.82) is 0 Å². The van der Waals surface area contributed by atoms with Crippen molar-refractivity contribution in [3.8, 4) is 0 Å². The lowest BCUT2D eigenvalue weighted by Crippen LogP contribution is -2.49. The highest BCUT2D eigenvalue weighted by Crippen LogP contribution is 2.12. The molecular formula is C19H22N2O5S. The smallest absolute Gasteiger partial charge is 0.325 e. The normalized spacial score (nSPS) is 12.2. The molecule has 1 amide bonds. The van der Waals surface area contributed by atoms with E-state index in [9.17, 15) is 18.0 Å². The molecule has 27 heavy (non-hydrogen) atoms. The molecule has 0 heterocycles. The molecule has 0 spiro atoms. The quantitative estimate of drug-likeness (QED) is 0.659. The van der Waals surface area contributed by atoms with Crippen molar-refractivity contribution in [2.45, 2.75) is 24.3 Å². The average Bonchev–Trinajstić information content (AvgIpc) is 2.66. The van der Waals surface area contributed by atoms with Gasteiger partial charge in [0.05, 0.1) is 12.0 Å². The third-order valence-electron chi connectivity index (χ3n) is 3.86. The van der Waals surface area contributed by atoms with Crippen molar-refractivity contribution < 1.29 is 22.7 Å². The number of aryl methyl sites for hydroxylation is 1. The summed E-state index contributed by atoms with van der Waals surface area (Å²) in [5.41, 5.74) is 1.70. The van der Waals surface area contributed by atoms with E-state index in [2.05, 4.69) is 14.8 Å². The molecule has 2 N–H and O–H groups in total. The molecule has 7 nitrogen and oxygen atoms in total. The van der Waals surface area contributed by atoms with Gasteiger partial charge in [0.25, 0.3) is 0 Å². The van der Waals surface area contributed by atoms with Gasteiger partial charge in [-0.25, -0.2) is 8.42 Å². The van der Waals surface area contributed by atoms with E-state index in [1.165, 1.54) is 19.2 Å². The lowest BCUT2D eigenvalue weighted by molar-refractivity contribution is -0.141. The number of carbonyl (C=O) groups is 2. The van der Waals surface area contributed by atoms with E-state index in [1.807, 2.05) is 13.0 Å². The fourth-order valence-electron chi connectivity index (χ4n) is 2.37. The summed E-state index contributed by atoms with van der Waals surface area (Å²) in [7, 11) is -2.71. The number of nitrogens with one attached hydrogen (secondary N) is 2. The van der Waals surface area contributed by atoms with Gasteiger partial charge in [0.2, 0.25) is 15.9 Å². The second kappa shape index (κ2) is 9.29. The number of benzene rings is 2. The predicted octanol–water partition coefficient (Wildman–Crippen LogP) is 1.17. The van der Waals surface area contributed by atoms with Crippen LogP contribution in [0.4, 0.5) is 0 Å². The van der Waals surface area contributed by atoms with E-state index < -0.39 is 27.9 Å². The van der Waals surface area contributed by atoms with Gasteiger partial charge in [-0.05, 0) is 31.0 Å². The summed E-state index contributed by atoms with van der Waals surface area (Å²) in [6.07, 6.45) is 0.138. The van der Waals surface area contributed by atoms with Crippen LogP contribution in [0.25, 0.3) is 0 Å². The first-order valence-corrected chi connectivity index (χ1v) is 9.77. The third kappa shape index (κ3) is 6.19. The monoisotopic (exact) mass is 390 g/mol. The number of rotatable bonds is 8. The third-order valence-corrected chi connectivity index (χ3v) is 5.35. The molecule has 0 bridgehead atoms. The molecule has 2 rings (SSSR count). The SMILES string of the molecule is COC(=O)CNC(=O)[C@@H](Cc1ccccc1)NS(=O)(=O)c1ccc(C)cc1. The van der Waals surface area contributed by atoms with Gasteiger partial charge in [0.1, 0.15) is 12.6 Å². The Hall–Kier alpha value is -2.71. The van der Waals surface area contributed by atoms with Gasteiger partial charge in [-0.2, -0.15) is 4.72 Å². The van der Waals surface area contributed by atoms with Gasteiger partial charge in [-0.3, -0.25) is 9.59 Å². The molecule has 0 saturated carbocycles. The number of amides is 1. The molecule has 0 fully saturated rings. The average molecular weight is 390 g/mol. The van der Waals surface area contributed by atoms with Crippen molar-refractivity contribution in [1.82, 2.24) is 10.0 Å². The summed E-state index contributed by atoms with van der Waals surface area (Å²) >= 11 is 0. The first kappa shape index (κ1) is 20.6. The van der Waals surface area contributed by atoms with Crippen molar-refractivity contribution in [3.63, 3.8) is 0 Å². The summed E-state index contributed by atoms with van der Waals surface area (Å²) in [6, 6.07) is 14.2. The highest BCUT2D eigenvalue weighted by molar-refractivity contribution is 7.89. The Morgan fingerprint density at radius 2 is 1.67 bits per heavy atom. The van der Waals surface area contributed by atoms with Gasteiger partial charge in [0.15, 0.2) is 0 Å². The summed E-state index contributed by atoms with van der Waals surface area (Å²) < 4.78 is 32.2. The summed E-state index contributed by atoms with van der Waals surface area (Å²) in [6.45, 7) is 1.51. The second-order valence-electron chi connectivity index (χ2n) is 5.97. The number of hydrogen-bond donors (Lipinski definition) is 2. The fourth-order valence-corrected chi connectivity index (χ4v) is 3.56. The number of hydrogen-bond acceptors (Lipinski definition) is 5. The molecule has 2 aromatic carbocycles. The van der Waals surface area contributed by atoms with E-state index in [1.54, 1.807) is 36.4 Å². The summed E-state index contributed by atoms with van der Waals surface area (Å²) in [5.74, 6) is -1.23. The Balaban J connectivity index is 2.21. The van der Waals surface area contributed by atoms with Crippen LogP contribution in [0, 0.1) is 6.92 Å². The minimum absolute atomic E-state index is 0.0620. The highest BCUT2D eigenvalue weighted by Gasteiger charge is 2.26. The van der Waals surface area contributed by atoms with Crippen LogP contribution < -0.4 is 10.0 Å². The zero-order valence-electron chi connectivity index (χ0n) is 15.1. The predicted molar refractivity (Wildman–Crippen MR) is 100 cm³/mol. The summed E-state index contributed by atoms with van der Waals surface area (Å²) in [5, 5.41) is 2.40. The molecule has 0 saturated heterocycles. The molecule has 0 unspecified atom stereocenters. The number of carbonyl (C=O) groups excluding carboxylic acids is 2. The number of sulfonamides is 1. The van der Waals surface area contributed by atoms with Crippen molar-refractivity contribution in [2.24, 2.45) is 0 Å². The first-order chi connectivity index (χ1) is 12.8. The zero-order valence-corrected chi connectivity index (χ0v) is 16.0. The maximum Gasteiger partial charge on any atom is 0.325 e. The zero-order chi connectivity index (χ0) is 19.9. The second-order valence-corrected chi connectivity index (χ2v) is 7.68. The van der Waals surface area contributed by atoms with Crippen LogP contribution in [-0.2, 0) is 30.8 Å². The van der Waals surface area contributed by atoms with Gasteiger partial charge < -0.3 is 10.1 Å². The number of methoxy groups -OCH3 is 1. The van der Waals surface area contributed by atoms with E-state index in [4.69, 9.17) is 0 Å². The van der Waals surface area contributed by atoms with Crippen LogP contribution in [0.2, 0.25) is 0 Å². The number of esters is 1. The molecule has 144 valence electrons. The maximum atomic E-state index is 12.7. The maximum absolute atomic E-state index is 12.7. The van der Waals surface area contributed by atoms with E-state index in [0.717, 1.165) is 11.1 Å². The lowest BCUT2D eigenvalue weighted by atomic mass is 10.1. The molecule has 1 atom stereocenters. The molecule has 0 aliphatic rings. The Bertz CT molecular complexity index is 880. The summed E-state index contributed by atoms with van der Waals surface area (Å²) in [4.78, 5) is 23.8. The van der Waals surface area contributed by atoms with Crippen molar-refractivity contribution >= 4 is 21.9 Å². The van der Waals surface area contributed by atoms with Crippen LogP contribution >= 0.6 is 0 Å². The van der Waals surface area contributed by atoms with E-state index >= 15 is 0 Å². The van der Waals surface area contributed by atoms with Gasteiger partial charge in [-0.15, -0.1) is 0 Å². The molecule has 0 aliphatic heterocycles. The minimum atomic E-state index is -3.91. The van der Waals surface area contributed by atoms with Crippen LogP contribution in [0.15, 0.2) is 59.5 Å². The van der Waals surface area contributed by atoms with E-state index in [-0.39, 0.29) is 17.9 Å². The number of ether oxygens (including phenoxy) is 1. The van der Waals surface area contributed by atoms with Crippen molar-refractivity contribution in [3.05, 3.63) is 65.7 Å². The first-order valence-electron chi connectivity index (χ1n) is 8.29. The highest BCUT2D eigenvalue weighted by atomic mass is 32.2. The Morgan fingerprint density at radius 3 is 2.26 bits per heavy atom. The van der Waals surface area contributed by atoms with Gasteiger partial charge in [0, 0.05) is 0 Å². The lowest BCUT2D eigenvalue weighted by Gasteiger charge is -2.18. The van der Waals surface area contributed by atoms with Crippen LogP contribution in [0.3, 0.4) is 0 Å². The topological polar surface area (TPSA) is 102 Å². The molecule has 0 radical (unpaired) electrons. The standard InChI is InChI=1S/C19H22N2O5S/c1-14-8-10-16(11-9-14)27(24,25)21-17(12-15-6-4-3-5-7-15)19(23)20-13-18(22)26-2/h3-11,17,21H,12-13H2,1-2H3,(H,20,23)/t17-/m1/s1. The fraction of sp³-hybridized carbons (Fsp3) is 0.263. The van der Waals surface area contributed by atoms with Gasteiger partial charge >= 0.3 is 5.97 Å². The van der Waals surface area contributed by atoms with Crippen LogP contribution in [0.5, 0.6) is 0 Å². The largest absolute Gasteiger partial charge is 0.468 e. The molecule has 0 aromatic heterocycles. The molecule has 0 aliphatic carbocycles. The Labute approximate surface area is 158 Å². The van der Waals surface area contributed by atoms with E-state index in [0.29, 0.717) is 0 Å². The van der Waals surface area contributed by atoms with Gasteiger partial charge in [-0.1, -0.05) is 48.0 Å². The Morgan fingerprint density at radius 1 is 1.04 bits per heavy atom. The van der Waals surface area contributed by atoms with Crippen LogP contribution in [-0.4, -0.2) is 40.0 Å². The molecule has 2 aromatic rings. The minimum Gasteiger partial charge on any atom is -0.468 e. The van der Waals surface area contributed by atoms with Crippen LogP contribution in [0.1, 0.15) is 11.1 Å². The van der Waals surface area contributed by atoms with Crippen molar-refractivity contribution in [2.75, 3.05) is 13.7 Å².